The van der Waals surface area contributed by atoms with Crippen LogP contribution >= 0.6 is 0 Å². The molecule has 24 heavy (non-hydrogen) atoms. The van der Waals surface area contributed by atoms with Gasteiger partial charge in [0.05, 0.1) is 19.1 Å². The van der Waals surface area contributed by atoms with Crippen LogP contribution in [0.25, 0.3) is 0 Å². The molecule has 1 saturated heterocycles. The minimum atomic E-state index is -0.256. The summed E-state index contributed by atoms with van der Waals surface area (Å²) in [5, 5.41) is 3.26. The third kappa shape index (κ3) is 5.22. The standard InChI is InChI=1S/C18H26FN3O2/c1-3-20-18(21-12-14-7-5-9-16(19)11-14)22-10-6-8-15(13-22)17(23)24-4-2/h5,7,9,11,15H,3-4,6,8,10,12-13H2,1-2H3,(H,20,21). The smallest absolute Gasteiger partial charge is 0.310 e. The van der Waals surface area contributed by atoms with Gasteiger partial charge in [0.15, 0.2) is 5.96 Å². The summed E-state index contributed by atoms with van der Waals surface area (Å²) in [5.41, 5.74) is 0.823. The van der Waals surface area contributed by atoms with Crippen molar-refractivity contribution >= 4 is 11.9 Å². The van der Waals surface area contributed by atoms with Gasteiger partial charge in [0.25, 0.3) is 0 Å². The molecular weight excluding hydrogens is 309 g/mol. The average Bonchev–Trinajstić information content (AvgIpc) is 2.59. The van der Waals surface area contributed by atoms with E-state index in [0.717, 1.165) is 37.5 Å². The lowest BCUT2D eigenvalue weighted by Crippen LogP contribution is -2.48. The number of benzene rings is 1. The van der Waals surface area contributed by atoms with Crippen molar-refractivity contribution in [1.82, 2.24) is 10.2 Å². The van der Waals surface area contributed by atoms with Gasteiger partial charge in [0.2, 0.25) is 0 Å². The van der Waals surface area contributed by atoms with E-state index in [-0.39, 0.29) is 17.7 Å². The first-order valence-corrected chi connectivity index (χ1v) is 8.58. The van der Waals surface area contributed by atoms with Gasteiger partial charge < -0.3 is 15.0 Å². The monoisotopic (exact) mass is 335 g/mol. The number of halogens is 1. The SMILES string of the molecule is CCNC(=NCc1cccc(F)c1)N1CCCC(C(=O)OCC)C1. The van der Waals surface area contributed by atoms with Crippen molar-refractivity contribution in [3.8, 4) is 0 Å². The molecule has 6 heteroatoms. The third-order valence-corrected chi connectivity index (χ3v) is 3.98. The molecule has 0 aliphatic carbocycles. The fourth-order valence-electron chi connectivity index (χ4n) is 2.85. The van der Waals surface area contributed by atoms with Crippen LogP contribution in [0.5, 0.6) is 0 Å². The van der Waals surface area contributed by atoms with E-state index in [1.807, 2.05) is 19.9 Å². The summed E-state index contributed by atoms with van der Waals surface area (Å²) < 4.78 is 18.4. The van der Waals surface area contributed by atoms with E-state index in [1.54, 1.807) is 6.07 Å². The molecule has 132 valence electrons. The lowest BCUT2D eigenvalue weighted by Gasteiger charge is -2.34. The highest BCUT2D eigenvalue weighted by molar-refractivity contribution is 5.81. The van der Waals surface area contributed by atoms with Crippen LogP contribution in [0.1, 0.15) is 32.3 Å². The van der Waals surface area contributed by atoms with Crippen molar-refractivity contribution < 1.29 is 13.9 Å². The first-order valence-electron chi connectivity index (χ1n) is 8.58. The Kier molecular flexibility index (Phi) is 7.03. The molecule has 2 rings (SSSR count). The minimum Gasteiger partial charge on any atom is -0.466 e. The van der Waals surface area contributed by atoms with Crippen molar-refractivity contribution in [1.29, 1.82) is 0 Å². The van der Waals surface area contributed by atoms with Crippen LogP contribution in [0.4, 0.5) is 4.39 Å². The van der Waals surface area contributed by atoms with E-state index < -0.39 is 0 Å². The zero-order valence-corrected chi connectivity index (χ0v) is 14.4. The van der Waals surface area contributed by atoms with E-state index in [1.165, 1.54) is 12.1 Å². The minimum absolute atomic E-state index is 0.114. The number of hydrogen-bond donors (Lipinski definition) is 1. The van der Waals surface area contributed by atoms with Gasteiger partial charge in [-0.2, -0.15) is 0 Å². The summed E-state index contributed by atoms with van der Waals surface area (Å²) in [5.74, 6) is 0.253. The molecule has 5 nitrogen and oxygen atoms in total. The van der Waals surface area contributed by atoms with E-state index in [4.69, 9.17) is 4.74 Å². The number of likely N-dealkylation sites (tertiary alicyclic amines) is 1. The fourth-order valence-corrected chi connectivity index (χ4v) is 2.85. The molecule has 1 fully saturated rings. The number of carbonyl (C=O) groups is 1. The molecule has 0 saturated carbocycles. The van der Waals surface area contributed by atoms with E-state index in [9.17, 15) is 9.18 Å². The van der Waals surface area contributed by atoms with Gasteiger partial charge in [-0.05, 0) is 44.4 Å². The number of piperidine rings is 1. The summed E-state index contributed by atoms with van der Waals surface area (Å²) in [6.07, 6.45) is 1.77. The average molecular weight is 335 g/mol. The first-order chi connectivity index (χ1) is 11.6. The summed E-state index contributed by atoms with van der Waals surface area (Å²) in [7, 11) is 0. The molecule has 1 unspecified atom stereocenters. The van der Waals surface area contributed by atoms with Crippen LogP contribution < -0.4 is 5.32 Å². The Morgan fingerprint density at radius 1 is 1.46 bits per heavy atom. The molecule has 0 radical (unpaired) electrons. The van der Waals surface area contributed by atoms with Crippen molar-refractivity contribution in [3.63, 3.8) is 0 Å². The van der Waals surface area contributed by atoms with Gasteiger partial charge in [0.1, 0.15) is 5.82 Å². The molecule has 1 atom stereocenters. The summed E-state index contributed by atoms with van der Waals surface area (Å²) in [6.45, 7) is 6.83. The largest absolute Gasteiger partial charge is 0.466 e. The molecule has 1 aromatic carbocycles. The third-order valence-electron chi connectivity index (χ3n) is 3.98. The Hall–Kier alpha value is -2.11. The quantitative estimate of drug-likeness (QED) is 0.510. The number of rotatable bonds is 5. The highest BCUT2D eigenvalue weighted by Gasteiger charge is 2.28. The predicted molar refractivity (Wildman–Crippen MR) is 92.1 cm³/mol. The molecule has 0 bridgehead atoms. The number of hydrogen-bond acceptors (Lipinski definition) is 3. The van der Waals surface area contributed by atoms with Crippen LogP contribution in [0, 0.1) is 11.7 Å². The molecule has 1 aromatic rings. The van der Waals surface area contributed by atoms with Crippen molar-refractivity contribution in [2.24, 2.45) is 10.9 Å². The predicted octanol–water partition coefficient (Wildman–Crippen LogP) is 2.57. The van der Waals surface area contributed by atoms with Gasteiger partial charge >= 0.3 is 5.97 Å². The maximum atomic E-state index is 13.3. The molecule has 0 amide bonds. The Morgan fingerprint density at radius 2 is 2.29 bits per heavy atom. The van der Waals surface area contributed by atoms with E-state index in [2.05, 4.69) is 15.2 Å². The maximum Gasteiger partial charge on any atom is 0.310 e. The highest BCUT2D eigenvalue weighted by Crippen LogP contribution is 2.18. The Bertz CT molecular complexity index is 577. The van der Waals surface area contributed by atoms with Crippen LogP contribution in [-0.4, -0.2) is 43.1 Å². The van der Waals surface area contributed by atoms with Gasteiger partial charge in [-0.25, -0.2) is 9.38 Å². The number of carbonyl (C=O) groups excluding carboxylic acids is 1. The topological polar surface area (TPSA) is 53.9 Å². The highest BCUT2D eigenvalue weighted by atomic mass is 19.1. The van der Waals surface area contributed by atoms with Crippen molar-refractivity contribution in [2.75, 3.05) is 26.2 Å². The number of ether oxygens (including phenoxy) is 1. The molecular formula is C18H26FN3O2. The van der Waals surface area contributed by atoms with Gasteiger partial charge in [-0.3, -0.25) is 4.79 Å². The zero-order chi connectivity index (χ0) is 17.4. The molecule has 0 aromatic heterocycles. The normalized spacial score (nSPS) is 18.4. The molecule has 1 N–H and O–H groups in total. The van der Waals surface area contributed by atoms with E-state index >= 15 is 0 Å². The van der Waals surface area contributed by atoms with Crippen LogP contribution in [0.2, 0.25) is 0 Å². The zero-order valence-electron chi connectivity index (χ0n) is 14.4. The molecule has 1 aliphatic heterocycles. The lowest BCUT2D eigenvalue weighted by molar-refractivity contribution is -0.149. The van der Waals surface area contributed by atoms with Crippen molar-refractivity contribution in [2.45, 2.75) is 33.2 Å². The van der Waals surface area contributed by atoms with Gasteiger partial charge in [0, 0.05) is 19.6 Å². The Labute approximate surface area is 142 Å². The molecule has 0 spiro atoms. The number of nitrogens with one attached hydrogen (secondary N) is 1. The first kappa shape index (κ1) is 18.2. The Morgan fingerprint density at radius 3 is 3.00 bits per heavy atom. The molecule has 1 heterocycles. The number of aliphatic imine (C=N–C) groups is 1. The number of nitrogens with zero attached hydrogens (tertiary/aromatic N) is 2. The Balaban J connectivity index is 2.05. The maximum absolute atomic E-state index is 13.3. The summed E-state index contributed by atoms with van der Waals surface area (Å²) >= 11 is 0. The second-order valence-electron chi connectivity index (χ2n) is 5.84. The lowest BCUT2D eigenvalue weighted by atomic mass is 9.98. The number of esters is 1. The van der Waals surface area contributed by atoms with Gasteiger partial charge in [-0.1, -0.05) is 12.1 Å². The van der Waals surface area contributed by atoms with Crippen LogP contribution in [-0.2, 0) is 16.1 Å². The summed E-state index contributed by atoms with van der Waals surface area (Å²) in [4.78, 5) is 18.7. The second kappa shape index (κ2) is 9.25. The van der Waals surface area contributed by atoms with Crippen LogP contribution in [0.15, 0.2) is 29.3 Å². The van der Waals surface area contributed by atoms with Crippen molar-refractivity contribution in [3.05, 3.63) is 35.6 Å². The second-order valence-corrected chi connectivity index (χ2v) is 5.84. The summed E-state index contributed by atoms with van der Waals surface area (Å²) in [6, 6.07) is 6.45. The number of guanidine groups is 1. The van der Waals surface area contributed by atoms with Crippen LogP contribution in [0.3, 0.4) is 0 Å². The van der Waals surface area contributed by atoms with E-state index in [0.29, 0.717) is 19.7 Å². The molecule has 1 aliphatic rings. The fraction of sp³-hybridized carbons (Fsp3) is 0.556. The van der Waals surface area contributed by atoms with Gasteiger partial charge in [-0.15, -0.1) is 0 Å².